The minimum Gasteiger partial charge on any atom is -0.397 e. The second-order valence-electron chi connectivity index (χ2n) is 4.44. The van der Waals surface area contributed by atoms with Crippen molar-refractivity contribution in [3.63, 3.8) is 0 Å². The molecule has 0 saturated heterocycles. The van der Waals surface area contributed by atoms with Crippen LogP contribution in [0.3, 0.4) is 0 Å². The zero-order valence-corrected chi connectivity index (χ0v) is 11.1. The van der Waals surface area contributed by atoms with E-state index >= 15 is 0 Å². The summed E-state index contributed by atoms with van der Waals surface area (Å²) in [4.78, 5) is 12.1. The van der Waals surface area contributed by atoms with Gasteiger partial charge in [0.05, 0.1) is 5.69 Å². The van der Waals surface area contributed by atoms with Crippen LogP contribution in [0.2, 0.25) is 0 Å². The van der Waals surface area contributed by atoms with Gasteiger partial charge in [0.15, 0.2) is 0 Å². The first kappa shape index (κ1) is 14.6. The molecule has 1 aromatic rings. The molecule has 0 aliphatic carbocycles. The zero-order chi connectivity index (χ0) is 13.5. The standard InChI is InChI=1S/C13H23N3O2/c1-3-6-16-9-10(14)8-12(16)13(18)15-11(4-2)5-7-17/h8-9,11,17H,3-7,14H2,1-2H3,(H,15,18). The number of carbonyl (C=O) groups is 1. The maximum Gasteiger partial charge on any atom is 0.268 e. The molecule has 1 atom stereocenters. The Morgan fingerprint density at radius 2 is 2.28 bits per heavy atom. The van der Waals surface area contributed by atoms with Crippen LogP contribution in [0.25, 0.3) is 0 Å². The predicted octanol–water partition coefficient (Wildman–Crippen LogP) is 1.37. The number of nitrogens with zero attached hydrogens (tertiary/aromatic N) is 1. The molecule has 1 aromatic heterocycles. The highest BCUT2D eigenvalue weighted by Gasteiger charge is 2.15. The van der Waals surface area contributed by atoms with Crippen LogP contribution >= 0.6 is 0 Å². The van der Waals surface area contributed by atoms with Gasteiger partial charge in [-0.2, -0.15) is 0 Å². The lowest BCUT2D eigenvalue weighted by Gasteiger charge is -2.16. The average Bonchev–Trinajstić information content (AvgIpc) is 2.70. The molecule has 0 saturated carbocycles. The number of aryl methyl sites for hydroxylation is 1. The van der Waals surface area contributed by atoms with Crippen LogP contribution in [0.15, 0.2) is 12.3 Å². The molecule has 1 unspecified atom stereocenters. The van der Waals surface area contributed by atoms with E-state index in [9.17, 15) is 4.79 Å². The molecule has 18 heavy (non-hydrogen) atoms. The number of nitrogens with two attached hydrogens (primary N) is 1. The zero-order valence-electron chi connectivity index (χ0n) is 11.1. The summed E-state index contributed by atoms with van der Waals surface area (Å²) >= 11 is 0. The van der Waals surface area contributed by atoms with Gasteiger partial charge in [0, 0.05) is 25.4 Å². The number of amides is 1. The van der Waals surface area contributed by atoms with E-state index in [1.807, 2.05) is 11.5 Å². The maximum atomic E-state index is 12.1. The van der Waals surface area contributed by atoms with Crippen molar-refractivity contribution in [2.45, 2.75) is 45.7 Å². The Labute approximate surface area is 108 Å². The topological polar surface area (TPSA) is 80.3 Å². The lowest BCUT2D eigenvalue weighted by Crippen LogP contribution is -2.36. The van der Waals surface area contributed by atoms with Crippen LogP contribution in [0.5, 0.6) is 0 Å². The summed E-state index contributed by atoms with van der Waals surface area (Å²) in [5.74, 6) is -0.125. The van der Waals surface area contributed by atoms with Crippen molar-refractivity contribution >= 4 is 11.6 Å². The average molecular weight is 253 g/mol. The summed E-state index contributed by atoms with van der Waals surface area (Å²) in [7, 11) is 0. The molecule has 102 valence electrons. The highest BCUT2D eigenvalue weighted by Crippen LogP contribution is 2.12. The van der Waals surface area contributed by atoms with E-state index in [1.165, 1.54) is 0 Å². The molecule has 0 fully saturated rings. The van der Waals surface area contributed by atoms with Gasteiger partial charge < -0.3 is 20.7 Å². The molecule has 0 radical (unpaired) electrons. The minimum absolute atomic E-state index is 0.00806. The Kier molecular flexibility index (Phi) is 5.71. The summed E-state index contributed by atoms with van der Waals surface area (Å²) < 4.78 is 1.87. The van der Waals surface area contributed by atoms with Gasteiger partial charge >= 0.3 is 0 Å². The SMILES string of the molecule is CCCn1cc(N)cc1C(=O)NC(CC)CCO. The number of aromatic nitrogens is 1. The van der Waals surface area contributed by atoms with E-state index in [0.29, 0.717) is 17.8 Å². The molecular weight excluding hydrogens is 230 g/mol. The van der Waals surface area contributed by atoms with Crippen LogP contribution in [-0.2, 0) is 6.54 Å². The van der Waals surface area contributed by atoms with Crippen molar-refractivity contribution in [2.75, 3.05) is 12.3 Å². The van der Waals surface area contributed by atoms with Crippen LogP contribution < -0.4 is 11.1 Å². The number of aliphatic hydroxyl groups is 1. The number of rotatable bonds is 7. The van der Waals surface area contributed by atoms with Crippen molar-refractivity contribution in [2.24, 2.45) is 0 Å². The summed E-state index contributed by atoms with van der Waals surface area (Å²) in [6.07, 6.45) is 4.11. The summed E-state index contributed by atoms with van der Waals surface area (Å²) in [5, 5.41) is 11.8. The predicted molar refractivity (Wildman–Crippen MR) is 72.4 cm³/mol. The minimum atomic E-state index is -0.125. The molecule has 0 aliphatic rings. The fourth-order valence-corrected chi connectivity index (χ4v) is 1.94. The summed E-state index contributed by atoms with van der Waals surface area (Å²) in [5.41, 5.74) is 6.92. The normalized spacial score (nSPS) is 12.4. The second kappa shape index (κ2) is 7.06. The van der Waals surface area contributed by atoms with Crippen molar-refractivity contribution in [3.05, 3.63) is 18.0 Å². The van der Waals surface area contributed by atoms with Gasteiger partial charge in [-0.25, -0.2) is 0 Å². The monoisotopic (exact) mass is 253 g/mol. The van der Waals surface area contributed by atoms with E-state index in [2.05, 4.69) is 12.2 Å². The van der Waals surface area contributed by atoms with Crippen LogP contribution in [0.1, 0.15) is 43.6 Å². The van der Waals surface area contributed by atoms with Gasteiger partial charge in [-0.05, 0) is 25.3 Å². The van der Waals surface area contributed by atoms with Crippen molar-refractivity contribution in [3.8, 4) is 0 Å². The van der Waals surface area contributed by atoms with Gasteiger partial charge in [-0.3, -0.25) is 4.79 Å². The highest BCUT2D eigenvalue weighted by molar-refractivity contribution is 5.94. The van der Waals surface area contributed by atoms with Gasteiger partial charge in [0.1, 0.15) is 5.69 Å². The van der Waals surface area contributed by atoms with E-state index < -0.39 is 0 Å². The number of hydrogen-bond acceptors (Lipinski definition) is 3. The van der Waals surface area contributed by atoms with Gasteiger partial charge in [-0.1, -0.05) is 13.8 Å². The summed E-state index contributed by atoms with van der Waals surface area (Å²) in [6.45, 7) is 4.90. The number of hydrogen-bond donors (Lipinski definition) is 3. The summed E-state index contributed by atoms with van der Waals surface area (Å²) in [6, 6.07) is 1.70. The molecule has 1 heterocycles. The Balaban J connectivity index is 2.76. The fraction of sp³-hybridized carbons (Fsp3) is 0.615. The maximum absolute atomic E-state index is 12.1. The number of nitrogens with one attached hydrogen (secondary N) is 1. The third-order valence-corrected chi connectivity index (χ3v) is 2.92. The fourth-order valence-electron chi connectivity index (χ4n) is 1.94. The Hall–Kier alpha value is -1.49. The molecule has 0 spiro atoms. The van der Waals surface area contributed by atoms with Crippen molar-refractivity contribution < 1.29 is 9.90 Å². The third-order valence-electron chi connectivity index (χ3n) is 2.92. The van der Waals surface area contributed by atoms with Crippen molar-refractivity contribution in [1.29, 1.82) is 0 Å². The first-order chi connectivity index (χ1) is 8.62. The van der Waals surface area contributed by atoms with E-state index in [1.54, 1.807) is 12.3 Å². The lowest BCUT2D eigenvalue weighted by atomic mass is 10.1. The number of carbonyl (C=O) groups excluding carboxylic acids is 1. The molecule has 5 heteroatoms. The molecule has 1 rings (SSSR count). The molecule has 1 amide bonds. The first-order valence-corrected chi connectivity index (χ1v) is 6.49. The Morgan fingerprint density at radius 3 is 2.83 bits per heavy atom. The van der Waals surface area contributed by atoms with Gasteiger partial charge in [0.25, 0.3) is 5.91 Å². The molecule has 4 N–H and O–H groups in total. The molecule has 0 aliphatic heterocycles. The number of aliphatic hydroxyl groups excluding tert-OH is 1. The number of anilines is 1. The molecule has 0 bridgehead atoms. The first-order valence-electron chi connectivity index (χ1n) is 6.49. The van der Waals surface area contributed by atoms with E-state index in [4.69, 9.17) is 10.8 Å². The largest absolute Gasteiger partial charge is 0.397 e. The number of nitrogen functional groups attached to an aromatic ring is 1. The van der Waals surface area contributed by atoms with Crippen LogP contribution in [0, 0.1) is 0 Å². The molecule has 0 aromatic carbocycles. The third kappa shape index (κ3) is 3.77. The van der Waals surface area contributed by atoms with Gasteiger partial charge in [0.2, 0.25) is 0 Å². The molecule has 5 nitrogen and oxygen atoms in total. The highest BCUT2D eigenvalue weighted by atomic mass is 16.3. The Morgan fingerprint density at radius 1 is 1.56 bits per heavy atom. The molecular formula is C13H23N3O2. The quantitative estimate of drug-likeness (QED) is 0.686. The van der Waals surface area contributed by atoms with Crippen molar-refractivity contribution in [1.82, 2.24) is 9.88 Å². The Bertz CT molecular complexity index is 388. The van der Waals surface area contributed by atoms with Crippen LogP contribution in [0.4, 0.5) is 5.69 Å². The van der Waals surface area contributed by atoms with Crippen LogP contribution in [-0.4, -0.2) is 28.2 Å². The smallest absolute Gasteiger partial charge is 0.268 e. The lowest BCUT2D eigenvalue weighted by molar-refractivity contribution is 0.0919. The van der Waals surface area contributed by atoms with E-state index in [-0.39, 0.29) is 18.6 Å². The second-order valence-corrected chi connectivity index (χ2v) is 4.44. The van der Waals surface area contributed by atoms with E-state index in [0.717, 1.165) is 19.4 Å². The van der Waals surface area contributed by atoms with Gasteiger partial charge in [-0.15, -0.1) is 0 Å².